The maximum Gasteiger partial charge on any atom is 0.228 e. The van der Waals surface area contributed by atoms with Gasteiger partial charge in [-0.2, -0.15) is 0 Å². The van der Waals surface area contributed by atoms with Gasteiger partial charge in [0.15, 0.2) is 0 Å². The van der Waals surface area contributed by atoms with E-state index in [9.17, 15) is 9.59 Å². The summed E-state index contributed by atoms with van der Waals surface area (Å²) in [6.07, 6.45) is 0.711. The van der Waals surface area contributed by atoms with Crippen LogP contribution in [0.4, 0.5) is 11.4 Å². The summed E-state index contributed by atoms with van der Waals surface area (Å²) in [6.45, 7) is 3.73. The lowest BCUT2D eigenvalue weighted by atomic mass is 10.0. The second-order valence-electron chi connectivity index (χ2n) is 6.29. The normalized spacial score (nSPS) is 10.5. The maximum atomic E-state index is 12.5. The zero-order chi connectivity index (χ0) is 18.5. The predicted molar refractivity (Wildman–Crippen MR) is 106 cm³/mol. The minimum absolute atomic E-state index is 0.0488. The standard InChI is InChI=1S/C22H22N2O2/c1-3-21(25)24-20-14-18(12-11-15(20)2)23-22(26)13-17-9-6-8-16-7-4-5-10-19(16)17/h4-12,14H,3,13H2,1-2H3,(H,23,26)(H,24,25). The van der Waals surface area contributed by atoms with Crippen molar-refractivity contribution in [3.8, 4) is 0 Å². The van der Waals surface area contributed by atoms with Gasteiger partial charge in [-0.1, -0.05) is 55.5 Å². The third-order valence-corrected chi connectivity index (χ3v) is 4.35. The van der Waals surface area contributed by atoms with Gasteiger partial charge in [-0.15, -0.1) is 0 Å². The number of hydrogen-bond acceptors (Lipinski definition) is 2. The first-order chi connectivity index (χ1) is 12.6. The Morgan fingerprint density at radius 3 is 2.46 bits per heavy atom. The zero-order valence-corrected chi connectivity index (χ0v) is 15.0. The summed E-state index contributed by atoms with van der Waals surface area (Å²) in [4.78, 5) is 24.1. The molecule has 4 nitrogen and oxygen atoms in total. The van der Waals surface area contributed by atoms with Crippen LogP contribution in [0.5, 0.6) is 0 Å². The Morgan fingerprint density at radius 2 is 1.65 bits per heavy atom. The summed E-state index contributed by atoms with van der Waals surface area (Å²) in [6, 6.07) is 19.6. The highest BCUT2D eigenvalue weighted by atomic mass is 16.2. The van der Waals surface area contributed by atoms with Gasteiger partial charge in [0.2, 0.25) is 11.8 Å². The molecule has 0 atom stereocenters. The molecule has 0 heterocycles. The Bertz CT molecular complexity index is 958. The number of nitrogens with one attached hydrogen (secondary N) is 2. The molecule has 4 heteroatoms. The van der Waals surface area contributed by atoms with Gasteiger partial charge in [0.25, 0.3) is 0 Å². The Balaban J connectivity index is 1.75. The molecule has 0 aliphatic carbocycles. The van der Waals surface area contributed by atoms with Gasteiger partial charge in [0, 0.05) is 17.8 Å². The summed E-state index contributed by atoms with van der Waals surface area (Å²) >= 11 is 0. The second kappa shape index (κ2) is 7.83. The molecule has 0 aromatic heterocycles. The van der Waals surface area contributed by atoms with Crippen molar-refractivity contribution in [1.82, 2.24) is 0 Å². The van der Waals surface area contributed by atoms with Crippen molar-refractivity contribution < 1.29 is 9.59 Å². The molecule has 2 amide bonds. The first-order valence-corrected chi connectivity index (χ1v) is 8.74. The summed E-state index contributed by atoms with van der Waals surface area (Å²) in [7, 11) is 0. The lowest BCUT2D eigenvalue weighted by molar-refractivity contribution is -0.116. The molecule has 26 heavy (non-hydrogen) atoms. The van der Waals surface area contributed by atoms with Crippen LogP contribution < -0.4 is 10.6 Å². The third-order valence-electron chi connectivity index (χ3n) is 4.35. The molecule has 0 unspecified atom stereocenters. The number of fused-ring (bicyclic) bond motifs is 1. The van der Waals surface area contributed by atoms with Crippen LogP contribution >= 0.6 is 0 Å². The lowest BCUT2D eigenvalue weighted by Gasteiger charge is -2.12. The van der Waals surface area contributed by atoms with Gasteiger partial charge >= 0.3 is 0 Å². The van der Waals surface area contributed by atoms with Crippen molar-refractivity contribution in [2.75, 3.05) is 10.6 Å². The molecule has 0 aliphatic heterocycles. The minimum atomic E-state index is -0.0852. The minimum Gasteiger partial charge on any atom is -0.326 e. The third kappa shape index (κ3) is 4.09. The molecule has 0 saturated carbocycles. The molecule has 2 N–H and O–H groups in total. The molecular weight excluding hydrogens is 324 g/mol. The van der Waals surface area contributed by atoms with Crippen molar-refractivity contribution in [2.45, 2.75) is 26.7 Å². The summed E-state index contributed by atoms with van der Waals surface area (Å²) in [5.41, 5.74) is 3.35. The maximum absolute atomic E-state index is 12.5. The number of rotatable bonds is 5. The fourth-order valence-electron chi connectivity index (χ4n) is 2.90. The van der Waals surface area contributed by atoms with E-state index < -0.39 is 0 Å². The highest BCUT2D eigenvalue weighted by molar-refractivity contribution is 5.97. The van der Waals surface area contributed by atoms with Gasteiger partial charge in [0.1, 0.15) is 0 Å². The van der Waals surface area contributed by atoms with E-state index in [0.717, 1.165) is 27.6 Å². The van der Waals surface area contributed by atoms with Crippen molar-refractivity contribution >= 4 is 34.0 Å². The van der Waals surface area contributed by atoms with Crippen LogP contribution in [0, 0.1) is 6.92 Å². The molecule has 3 aromatic carbocycles. The van der Waals surface area contributed by atoms with Crippen LogP contribution in [-0.2, 0) is 16.0 Å². The number of amides is 2. The molecular formula is C22H22N2O2. The molecule has 0 bridgehead atoms. The fourth-order valence-corrected chi connectivity index (χ4v) is 2.90. The van der Waals surface area contributed by atoms with Crippen LogP contribution in [0.1, 0.15) is 24.5 Å². The Hall–Kier alpha value is -3.14. The zero-order valence-electron chi connectivity index (χ0n) is 15.0. The molecule has 0 saturated heterocycles. The number of aryl methyl sites for hydroxylation is 1. The fraction of sp³-hybridized carbons (Fsp3) is 0.182. The van der Waals surface area contributed by atoms with E-state index in [1.54, 1.807) is 13.0 Å². The molecule has 0 spiro atoms. The Labute approximate surface area is 153 Å². The van der Waals surface area contributed by atoms with Crippen LogP contribution in [0.3, 0.4) is 0 Å². The van der Waals surface area contributed by atoms with Gasteiger partial charge in [-0.25, -0.2) is 0 Å². The summed E-state index contributed by atoms with van der Waals surface area (Å²) in [5.74, 6) is -0.134. The van der Waals surface area contributed by atoms with E-state index >= 15 is 0 Å². The first kappa shape index (κ1) is 17.7. The Morgan fingerprint density at radius 1 is 0.885 bits per heavy atom. The molecule has 3 rings (SSSR count). The smallest absolute Gasteiger partial charge is 0.228 e. The quantitative estimate of drug-likeness (QED) is 0.705. The highest BCUT2D eigenvalue weighted by Crippen LogP contribution is 2.22. The Kier molecular flexibility index (Phi) is 5.32. The SMILES string of the molecule is CCC(=O)Nc1cc(NC(=O)Cc2cccc3ccccc23)ccc1C. The van der Waals surface area contributed by atoms with Crippen LogP contribution in [-0.4, -0.2) is 11.8 Å². The van der Waals surface area contributed by atoms with E-state index in [1.807, 2.05) is 61.5 Å². The average molecular weight is 346 g/mol. The van der Waals surface area contributed by atoms with Gasteiger partial charge in [0.05, 0.1) is 6.42 Å². The van der Waals surface area contributed by atoms with E-state index in [-0.39, 0.29) is 11.8 Å². The van der Waals surface area contributed by atoms with E-state index in [2.05, 4.69) is 10.6 Å². The van der Waals surface area contributed by atoms with Crippen molar-refractivity contribution in [2.24, 2.45) is 0 Å². The molecule has 132 valence electrons. The average Bonchev–Trinajstić information content (AvgIpc) is 2.64. The van der Waals surface area contributed by atoms with Crippen LogP contribution in [0.15, 0.2) is 60.7 Å². The van der Waals surface area contributed by atoms with Gasteiger partial charge < -0.3 is 10.6 Å². The van der Waals surface area contributed by atoms with E-state index in [1.165, 1.54) is 0 Å². The van der Waals surface area contributed by atoms with E-state index in [4.69, 9.17) is 0 Å². The van der Waals surface area contributed by atoms with Gasteiger partial charge in [-0.3, -0.25) is 9.59 Å². The summed E-state index contributed by atoms with van der Waals surface area (Å²) < 4.78 is 0. The largest absolute Gasteiger partial charge is 0.326 e. The summed E-state index contributed by atoms with van der Waals surface area (Å²) in [5, 5.41) is 7.99. The molecule has 3 aromatic rings. The number of carbonyl (C=O) groups is 2. The predicted octanol–water partition coefficient (Wildman–Crippen LogP) is 4.68. The van der Waals surface area contributed by atoms with Gasteiger partial charge in [-0.05, 0) is 41.0 Å². The number of anilines is 2. The molecule has 0 aliphatic rings. The highest BCUT2D eigenvalue weighted by Gasteiger charge is 2.09. The van der Waals surface area contributed by atoms with Crippen molar-refractivity contribution in [1.29, 1.82) is 0 Å². The van der Waals surface area contributed by atoms with Crippen LogP contribution in [0.25, 0.3) is 10.8 Å². The number of benzene rings is 3. The van der Waals surface area contributed by atoms with Crippen LogP contribution in [0.2, 0.25) is 0 Å². The first-order valence-electron chi connectivity index (χ1n) is 8.74. The topological polar surface area (TPSA) is 58.2 Å². The molecule has 0 radical (unpaired) electrons. The number of carbonyl (C=O) groups excluding carboxylic acids is 2. The monoisotopic (exact) mass is 346 g/mol. The second-order valence-corrected chi connectivity index (χ2v) is 6.29. The number of hydrogen-bond donors (Lipinski definition) is 2. The van der Waals surface area contributed by atoms with Crippen molar-refractivity contribution in [3.05, 3.63) is 71.8 Å². The molecule has 0 fully saturated rings. The van der Waals surface area contributed by atoms with E-state index in [0.29, 0.717) is 18.5 Å². The lowest BCUT2D eigenvalue weighted by Crippen LogP contribution is -2.15. The van der Waals surface area contributed by atoms with Crippen molar-refractivity contribution in [3.63, 3.8) is 0 Å².